The van der Waals surface area contributed by atoms with E-state index in [2.05, 4.69) is 10.9 Å². The molecule has 0 aliphatic carbocycles. The summed E-state index contributed by atoms with van der Waals surface area (Å²) in [5.74, 6) is 0.765. The molecule has 0 unspecified atom stereocenters. The van der Waals surface area contributed by atoms with Gasteiger partial charge in [-0.05, 0) is 30.7 Å². The van der Waals surface area contributed by atoms with Gasteiger partial charge in [-0.3, -0.25) is 5.43 Å². The highest BCUT2D eigenvalue weighted by Gasteiger charge is 2.00. The predicted octanol–water partition coefficient (Wildman–Crippen LogP) is 2.55. The first-order valence-electron chi connectivity index (χ1n) is 5.59. The van der Waals surface area contributed by atoms with Crippen molar-refractivity contribution in [3.63, 3.8) is 0 Å². The minimum Gasteiger partial charge on any atom is -0.497 e. The van der Waals surface area contributed by atoms with Gasteiger partial charge in [0.2, 0.25) is 0 Å². The number of carbonyl (C=O) groups excluding carboxylic acids is 1. The van der Waals surface area contributed by atoms with Gasteiger partial charge in [-0.2, -0.15) is 0 Å². The van der Waals surface area contributed by atoms with E-state index in [1.807, 2.05) is 6.92 Å². The van der Waals surface area contributed by atoms with Crippen molar-refractivity contribution in [3.05, 3.63) is 24.3 Å². The highest BCUT2D eigenvalue weighted by atomic mass is 16.6. The van der Waals surface area contributed by atoms with Gasteiger partial charge in [-0.25, -0.2) is 10.2 Å². The molecule has 1 aromatic rings. The smallest absolute Gasteiger partial charge is 0.425 e. The van der Waals surface area contributed by atoms with E-state index in [9.17, 15) is 4.79 Å². The Balaban J connectivity index is 2.27. The van der Waals surface area contributed by atoms with Crippen LogP contribution < -0.4 is 15.6 Å². The summed E-state index contributed by atoms with van der Waals surface area (Å²) in [5, 5.41) is 0. The van der Waals surface area contributed by atoms with Crippen molar-refractivity contribution in [2.24, 2.45) is 0 Å². The Bertz CT molecular complexity index is 338. The molecule has 17 heavy (non-hydrogen) atoms. The van der Waals surface area contributed by atoms with Crippen LogP contribution in [-0.2, 0) is 4.74 Å². The maximum atomic E-state index is 11.2. The van der Waals surface area contributed by atoms with Crippen LogP contribution in [0, 0.1) is 0 Å². The van der Waals surface area contributed by atoms with Crippen LogP contribution >= 0.6 is 0 Å². The van der Waals surface area contributed by atoms with Gasteiger partial charge in [0.05, 0.1) is 19.4 Å². The zero-order valence-electron chi connectivity index (χ0n) is 10.2. The third kappa shape index (κ3) is 5.10. The minimum atomic E-state index is -0.478. The number of rotatable bonds is 6. The van der Waals surface area contributed by atoms with E-state index in [1.165, 1.54) is 0 Å². The van der Waals surface area contributed by atoms with E-state index in [0.717, 1.165) is 24.3 Å². The maximum Gasteiger partial charge on any atom is 0.425 e. The second kappa shape index (κ2) is 7.38. The second-order valence-corrected chi connectivity index (χ2v) is 3.47. The number of hydrogen-bond donors (Lipinski definition) is 2. The molecule has 0 saturated carbocycles. The Morgan fingerprint density at radius 2 is 2.00 bits per heavy atom. The van der Waals surface area contributed by atoms with Crippen LogP contribution in [-0.4, -0.2) is 19.8 Å². The van der Waals surface area contributed by atoms with Gasteiger partial charge in [0.15, 0.2) is 0 Å². The lowest BCUT2D eigenvalue weighted by Crippen LogP contribution is -2.30. The fourth-order valence-electron chi connectivity index (χ4n) is 1.14. The summed E-state index contributed by atoms with van der Waals surface area (Å²) in [6.07, 6.45) is 1.39. The topological polar surface area (TPSA) is 59.6 Å². The molecule has 0 atom stereocenters. The first kappa shape index (κ1) is 13.2. The predicted molar refractivity (Wildman–Crippen MR) is 66.0 cm³/mol. The van der Waals surface area contributed by atoms with E-state index in [-0.39, 0.29) is 0 Å². The minimum absolute atomic E-state index is 0.437. The molecule has 5 nitrogen and oxygen atoms in total. The van der Waals surface area contributed by atoms with Crippen LogP contribution in [0.15, 0.2) is 24.3 Å². The summed E-state index contributed by atoms with van der Waals surface area (Å²) < 4.78 is 9.93. The normalized spacial score (nSPS) is 9.53. The first-order chi connectivity index (χ1) is 8.26. The van der Waals surface area contributed by atoms with Gasteiger partial charge >= 0.3 is 6.09 Å². The van der Waals surface area contributed by atoms with E-state index in [4.69, 9.17) is 9.47 Å². The number of benzene rings is 1. The molecule has 0 aliphatic rings. The van der Waals surface area contributed by atoms with Gasteiger partial charge < -0.3 is 9.47 Å². The summed E-state index contributed by atoms with van der Waals surface area (Å²) in [4.78, 5) is 11.2. The third-order valence-electron chi connectivity index (χ3n) is 2.13. The Morgan fingerprint density at radius 1 is 1.29 bits per heavy atom. The molecule has 0 radical (unpaired) electrons. The summed E-state index contributed by atoms with van der Waals surface area (Å²) >= 11 is 0. The summed E-state index contributed by atoms with van der Waals surface area (Å²) in [6, 6.07) is 7.19. The standard InChI is InChI=1S/C12H18N2O3/c1-3-4-9-17-12(15)14-13-10-5-7-11(16-2)8-6-10/h5-8,13H,3-4,9H2,1-2H3,(H,14,15). The molecule has 0 bridgehead atoms. The fraction of sp³-hybridized carbons (Fsp3) is 0.417. The Hall–Kier alpha value is -1.91. The number of anilines is 1. The molecule has 1 rings (SSSR count). The van der Waals surface area contributed by atoms with Crippen LogP contribution in [0.2, 0.25) is 0 Å². The third-order valence-corrected chi connectivity index (χ3v) is 2.13. The van der Waals surface area contributed by atoms with E-state index in [0.29, 0.717) is 6.61 Å². The number of hydrogen-bond acceptors (Lipinski definition) is 4. The summed E-state index contributed by atoms with van der Waals surface area (Å²) in [6.45, 7) is 2.48. The average molecular weight is 238 g/mol. The Morgan fingerprint density at radius 3 is 2.59 bits per heavy atom. The molecule has 2 N–H and O–H groups in total. The van der Waals surface area contributed by atoms with Crippen molar-refractivity contribution >= 4 is 11.8 Å². The zero-order valence-corrected chi connectivity index (χ0v) is 10.2. The van der Waals surface area contributed by atoms with Crippen LogP contribution in [0.5, 0.6) is 5.75 Å². The van der Waals surface area contributed by atoms with Gasteiger partial charge in [-0.1, -0.05) is 13.3 Å². The SMILES string of the molecule is CCCCOC(=O)NNc1ccc(OC)cc1. The molecule has 0 saturated heterocycles. The molecule has 1 aromatic carbocycles. The summed E-state index contributed by atoms with van der Waals surface area (Å²) in [5.41, 5.74) is 5.95. The fourth-order valence-corrected chi connectivity index (χ4v) is 1.14. The highest BCUT2D eigenvalue weighted by molar-refractivity contribution is 5.69. The van der Waals surface area contributed by atoms with Gasteiger partial charge in [0, 0.05) is 0 Å². The Kier molecular flexibility index (Phi) is 5.71. The Labute approximate surface area is 101 Å². The molecule has 1 amide bonds. The lowest BCUT2D eigenvalue weighted by Gasteiger charge is -2.09. The highest BCUT2D eigenvalue weighted by Crippen LogP contribution is 2.13. The molecule has 0 aliphatic heterocycles. The van der Waals surface area contributed by atoms with E-state index < -0.39 is 6.09 Å². The second-order valence-electron chi connectivity index (χ2n) is 3.47. The lowest BCUT2D eigenvalue weighted by molar-refractivity contribution is 0.147. The number of ether oxygens (including phenoxy) is 2. The van der Waals surface area contributed by atoms with Crippen molar-refractivity contribution in [2.75, 3.05) is 19.1 Å². The van der Waals surface area contributed by atoms with Crippen LogP contribution in [0.25, 0.3) is 0 Å². The zero-order chi connectivity index (χ0) is 12.5. The van der Waals surface area contributed by atoms with Crippen molar-refractivity contribution in [2.45, 2.75) is 19.8 Å². The number of hydrazine groups is 1. The number of nitrogens with one attached hydrogen (secondary N) is 2. The van der Waals surface area contributed by atoms with Gasteiger partial charge in [0.1, 0.15) is 5.75 Å². The quantitative estimate of drug-likeness (QED) is 0.590. The molecule has 94 valence electrons. The monoisotopic (exact) mass is 238 g/mol. The molecule has 0 spiro atoms. The van der Waals surface area contributed by atoms with Gasteiger partial charge in [0.25, 0.3) is 0 Å². The van der Waals surface area contributed by atoms with Crippen molar-refractivity contribution in [3.8, 4) is 5.75 Å². The summed E-state index contributed by atoms with van der Waals surface area (Å²) in [7, 11) is 1.60. The molecule has 0 fully saturated rings. The largest absolute Gasteiger partial charge is 0.497 e. The average Bonchev–Trinajstić information content (AvgIpc) is 2.37. The lowest BCUT2D eigenvalue weighted by atomic mass is 10.3. The molecular weight excluding hydrogens is 220 g/mol. The van der Waals surface area contributed by atoms with Gasteiger partial charge in [-0.15, -0.1) is 0 Å². The van der Waals surface area contributed by atoms with Crippen molar-refractivity contribution in [1.82, 2.24) is 5.43 Å². The maximum absolute atomic E-state index is 11.2. The number of methoxy groups -OCH3 is 1. The van der Waals surface area contributed by atoms with Crippen molar-refractivity contribution < 1.29 is 14.3 Å². The van der Waals surface area contributed by atoms with Crippen LogP contribution in [0.4, 0.5) is 10.5 Å². The van der Waals surface area contributed by atoms with E-state index in [1.54, 1.807) is 31.4 Å². The van der Waals surface area contributed by atoms with Crippen LogP contribution in [0.1, 0.15) is 19.8 Å². The molecule has 5 heteroatoms. The number of amides is 1. The molecular formula is C12H18N2O3. The van der Waals surface area contributed by atoms with E-state index >= 15 is 0 Å². The first-order valence-corrected chi connectivity index (χ1v) is 5.59. The van der Waals surface area contributed by atoms with Crippen molar-refractivity contribution in [1.29, 1.82) is 0 Å². The number of carbonyl (C=O) groups is 1. The number of unbranched alkanes of at least 4 members (excludes halogenated alkanes) is 1. The van der Waals surface area contributed by atoms with Crippen LogP contribution in [0.3, 0.4) is 0 Å². The molecule has 0 heterocycles. The molecule has 0 aromatic heterocycles.